The number of hydrogen-bond donors (Lipinski definition) is 2. The van der Waals surface area contributed by atoms with E-state index in [9.17, 15) is 19.2 Å². The maximum atomic E-state index is 11.5. The van der Waals surface area contributed by atoms with Gasteiger partial charge in [-0.15, -0.1) is 0 Å². The number of aliphatic hydroxyl groups is 1. The molecule has 8 nitrogen and oxygen atoms in total. The number of rotatable bonds is 4. The molecule has 0 radical (unpaired) electrons. The maximum Gasteiger partial charge on any atom is 0.425 e. The normalized spacial score (nSPS) is 9.65. The van der Waals surface area contributed by atoms with Crippen molar-refractivity contribution in [3.63, 3.8) is 0 Å². The van der Waals surface area contributed by atoms with Crippen LogP contribution in [0.15, 0.2) is 24.3 Å². The number of carboxylic acids is 1. The minimum Gasteiger partial charge on any atom is -0.478 e. The molecule has 0 heterocycles. The van der Waals surface area contributed by atoms with Gasteiger partial charge in [-0.1, -0.05) is 0 Å². The van der Waals surface area contributed by atoms with Crippen LogP contribution in [0.4, 0.5) is 0 Å². The Hall–Kier alpha value is -2.74. The van der Waals surface area contributed by atoms with E-state index in [1.807, 2.05) is 0 Å². The lowest BCUT2D eigenvalue weighted by atomic mass is 10.1. The van der Waals surface area contributed by atoms with Crippen LogP contribution in [0.5, 0.6) is 0 Å². The van der Waals surface area contributed by atoms with E-state index in [0.717, 1.165) is 24.3 Å². The standard InChI is InChI=1S/C12H10O8/c13-5-6-19-11(17)12(18)20-10(16)8-3-1-7(2-4-8)9(14)15/h1-4,13H,5-6H2,(H,14,15). The lowest BCUT2D eigenvalue weighted by Gasteiger charge is -2.03. The highest BCUT2D eigenvalue weighted by Gasteiger charge is 2.22. The van der Waals surface area contributed by atoms with Gasteiger partial charge in [-0.25, -0.2) is 19.2 Å². The van der Waals surface area contributed by atoms with Crippen molar-refractivity contribution in [1.82, 2.24) is 0 Å². The molecule has 0 aliphatic carbocycles. The van der Waals surface area contributed by atoms with Crippen molar-refractivity contribution in [3.05, 3.63) is 35.4 Å². The zero-order valence-corrected chi connectivity index (χ0v) is 10.1. The molecule has 0 bridgehead atoms. The molecule has 1 rings (SSSR count). The summed E-state index contributed by atoms with van der Waals surface area (Å²) >= 11 is 0. The summed E-state index contributed by atoms with van der Waals surface area (Å²) in [5.74, 6) is -5.22. The highest BCUT2D eigenvalue weighted by molar-refractivity contribution is 6.32. The van der Waals surface area contributed by atoms with Gasteiger partial charge in [0.25, 0.3) is 0 Å². The number of aliphatic hydroxyl groups excluding tert-OH is 1. The van der Waals surface area contributed by atoms with Crippen LogP contribution in [0.2, 0.25) is 0 Å². The smallest absolute Gasteiger partial charge is 0.425 e. The maximum absolute atomic E-state index is 11.5. The predicted octanol–water partition coefficient (Wildman–Crippen LogP) is -0.396. The molecule has 20 heavy (non-hydrogen) atoms. The van der Waals surface area contributed by atoms with Crippen molar-refractivity contribution >= 4 is 23.9 Å². The lowest BCUT2D eigenvalue weighted by molar-refractivity contribution is -0.164. The van der Waals surface area contributed by atoms with Crippen molar-refractivity contribution in [3.8, 4) is 0 Å². The third-order valence-corrected chi connectivity index (χ3v) is 2.04. The zero-order valence-electron chi connectivity index (χ0n) is 10.1. The Kier molecular flexibility index (Phi) is 5.36. The highest BCUT2D eigenvalue weighted by Crippen LogP contribution is 2.06. The summed E-state index contributed by atoms with van der Waals surface area (Å²) < 4.78 is 8.46. The highest BCUT2D eigenvalue weighted by atomic mass is 16.6. The van der Waals surface area contributed by atoms with E-state index in [0.29, 0.717) is 0 Å². The number of hydrogen-bond acceptors (Lipinski definition) is 7. The number of benzene rings is 1. The molecule has 0 amide bonds. The summed E-state index contributed by atoms with van der Waals surface area (Å²) in [6.45, 7) is -0.862. The first-order chi connectivity index (χ1) is 9.45. The molecule has 0 unspecified atom stereocenters. The van der Waals surface area contributed by atoms with E-state index >= 15 is 0 Å². The molecule has 0 aromatic heterocycles. The van der Waals surface area contributed by atoms with Crippen molar-refractivity contribution < 1.29 is 38.9 Å². The van der Waals surface area contributed by atoms with Crippen LogP contribution in [0.25, 0.3) is 0 Å². The predicted molar refractivity (Wildman–Crippen MR) is 61.9 cm³/mol. The van der Waals surface area contributed by atoms with E-state index in [1.165, 1.54) is 0 Å². The number of carbonyl (C=O) groups is 4. The van der Waals surface area contributed by atoms with Gasteiger partial charge in [0.05, 0.1) is 17.7 Å². The Morgan fingerprint density at radius 1 is 0.950 bits per heavy atom. The molecule has 0 saturated heterocycles. The van der Waals surface area contributed by atoms with Gasteiger partial charge in [0.1, 0.15) is 6.61 Å². The fourth-order valence-electron chi connectivity index (χ4n) is 1.13. The first-order valence-electron chi connectivity index (χ1n) is 5.33. The summed E-state index contributed by atoms with van der Waals surface area (Å²) in [5.41, 5.74) is -0.145. The van der Waals surface area contributed by atoms with Crippen LogP contribution in [0.1, 0.15) is 20.7 Å². The molecule has 0 atom stereocenters. The number of carboxylic acid groups (broad SMARTS) is 1. The minimum absolute atomic E-state index is 0.0461. The second-order valence-corrected chi connectivity index (χ2v) is 3.42. The van der Waals surface area contributed by atoms with Gasteiger partial charge in [-0.3, -0.25) is 0 Å². The van der Waals surface area contributed by atoms with Crippen LogP contribution in [0, 0.1) is 0 Å². The molecule has 1 aromatic rings. The second-order valence-electron chi connectivity index (χ2n) is 3.42. The largest absolute Gasteiger partial charge is 0.478 e. The molecule has 0 aliphatic rings. The second kappa shape index (κ2) is 7.00. The summed E-state index contributed by atoms with van der Waals surface area (Å²) in [7, 11) is 0. The van der Waals surface area contributed by atoms with Crippen LogP contribution in [0.3, 0.4) is 0 Å². The Morgan fingerprint density at radius 2 is 1.50 bits per heavy atom. The molecule has 1 aromatic carbocycles. The molecule has 106 valence electrons. The van der Waals surface area contributed by atoms with E-state index in [4.69, 9.17) is 10.2 Å². The molecule has 0 saturated carbocycles. The van der Waals surface area contributed by atoms with Crippen molar-refractivity contribution in [2.45, 2.75) is 0 Å². The zero-order chi connectivity index (χ0) is 15.1. The fourth-order valence-corrected chi connectivity index (χ4v) is 1.13. The minimum atomic E-state index is -1.52. The molecular formula is C12H10O8. The number of aromatic carboxylic acids is 1. The Bertz CT molecular complexity index is 531. The van der Waals surface area contributed by atoms with Crippen LogP contribution in [-0.4, -0.2) is 47.3 Å². The third kappa shape index (κ3) is 4.18. The average molecular weight is 282 g/mol. The number of ether oxygens (including phenoxy) is 2. The van der Waals surface area contributed by atoms with E-state index < -0.39 is 37.1 Å². The monoisotopic (exact) mass is 282 g/mol. The van der Waals surface area contributed by atoms with Crippen LogP contribution >= 0.6 is 0 Å². The molecular weight excluding hydrogens is 272 g/mol. The van der Waals surface area contributed by atoms with Gasteiger partial charge in [-0.2, -0.15) is 0 Å². The van der Waals surface area contributed by atoms with Gasteiger partial charge < -0.3 is 19.7 Å². The van der Waals surface area contributed by atoms with Gasteiger partial charge in [0, 0.05) is 0 Å². The molecule has 8 heteroatoms. The molecule has 0 aliphatic heterocycles. The van der Waals surface area contributed by atoms with E-state index in [2.05, 4.69) is 9.47 Å². The Labute approximate surface area is 112 Å². The van der Waals surface area contributed by atoms with E-state index in [1.54, 1.807) is 0 Å². The fraction of sp³-hybridized carbons (Fsp3) is 0.167. The van der Waals surface area contributed by atoms with Crippen LogP contribution in [-0.2, 0) is 19.1 Å². The molecule has 0 fully saturated rings. The van der Waals surface area contributed by atoms with Crippen LogP contribution < -0.4 is 0 Å². The van der Waals surface area contributed by atoms with Crippen molar-refractivity contribution in [2.75, 3.05) is 13.2 Å². The van der Waals surface area contributed by atoms with Crippen molar-refractivity contribution in [1.29, 1.82) is 0 Å². The van der Waals surface area contributed by atoms with Crippen molar-refractivity contribution in [2.24, 2.45) is 0 Å². The molecule has 2 N–H and O–H groups in total. The Balaban J connectivity index is 2.64. The van der Waals surface area contributed by atoms with Gasteiger partial charge in [-0.05, 0) is 24.3 Å². The number of esters is 3. The third-order valence-electron chi connectivity index (χ3n) is 2.04. The topological polar surface area (TPSA) is 127 Å². The lowest BCUT2D eigenvalue weighted by Crippen LogP contribution is -2.24. The van der Waals surface area contributed by atoms with Gasteiger partial charge >= 0.3 is 23.9 Å². The first kappa shape index (κ1) is 15.3. The summed E-state index contributed by atoms with van der Waals surface area (Å²) in [6.07, 6.45) is 0. The number of carbonyl (C=O) groups excluding carboxylic acids is 3. The molecule has 0 spiro atoms. The average Bonchev–Trinajstić information content (AvgIpc) is 2.44. The van der Waals surface area contributed by atoms with Gasteiger partial charge in [0.15, 0.2) is 0 Å². The summed E-state index contributed by atoms with van der Waals surface area (Å²) in [5, 5.41) is 17.0. The first-order valence-corrected chi connectivity index (χ1v) is 5.33. The summed E-state index contributed by atoms with van der Waals surface area (Å²) in [4.78, 5) is 44.2. The SMILES string of the molecule is O=C(OCCO)C(=O)OC(=O)c1ccc(C(=O)O)cc1. The quantitative estimate of drug-likeness (QED) is 0.434. The van der Waals surface area contributed by atoms with E-state index in [-0.39, 0.29) is 11.1 Å². The van der Waals surface area contributed by atoms with Gasteiger partial charge in [0.2, 0.25) is 0 Å². The summed E-state index contributed by atoms with van der Waals surface area (Å²) in [6, 6.07) is 4.57. The Morgan fingerprint density at radius 3 is 2.00 bits per heavy atom.